The number of urea groups is 1. The van der Waals surface area contributed by atoms with Crippen molar-refractivity contribution >= 4 is 17.4 Å². The van der Waals surface area contributed by atoms with Crippen molar-refractivity contribution in [1.29, 1.82) is 0 Å². The highest BCUT2D eigenvalue weighted by molar-refractivity contribution is 7.09. The van der Waals surface area contributed by atoms with Crippen LogP contribution in [-0.2, 0) is 0 Å². The highest BCUT2D eigenvalue weighted by Crippen LogP contribution is 2.18. The lowest BCUT2D eigenvalue weighted by Gasteiger charge is -2.19. The molecule has 2 unspecified atom stereocenters. The minimum Gasteiger partial charge on any atom is -0.396 e. The summed E-state index contributed by atoms with van der Waals surface area (Å²) in [5, 5.41) is 17.5. The number of nitrogens with zero attached hydrogens (tertiary/aromatic N) is 1. The van der Waals surface area contributed by atoms with Crippen LogP contribution in [-0.4, -0.2) is 28.8 Å². The largest absolute Gasteiger partial charge is 0.396 e. The molecule has 18 heavy (non-hydrogen) atoms. The predicted molar refractivity (Wildman–Crippen MR) is 72.6 cm³/mol. The fourth-order valence-electron chi connectivity index (χ4n) is 1.66. The summed E-state index contributed by atoms with van der Waals surface area (Å²) in [5.41, 5.74) is 0. The average molecular weight is 271 g/mol. The van der Waals surface area contributed by atoms with Crippen LogP contribution in [0.2, 0.25) is 0 Å². The van der Waals surface area contributed by atoms with Crippen LogP contribution in [0.5, 0.6) is 0 Å². The molecule has 0 saturated heterocycles. The van der Waals surface area contributed by atoms with Gasteiger partial charge in [0.15, 0.2) is 0 Å². The molecule has 1 heterocycles. The standard InChI is InChI=1S/C12H21N3O2S/c1-3-9(5-7-16)14-12(17)15-10(4-2)11-13-6-8-18-11/h6,8-10,16H,3-5,7H2,1-2H3,(H2,14,15,17). The van der Waals surface area contributed by atoms with E-state index in [9.17, 15) is 4.79 Å². The number of hydrogen-bond donors (Lipinski definition) is 3. The molecule has 0 aliphatic heterocycles. The van der Waals surface area contributed by atoms with E-state index in [0.717, 1.165) is 17.8 Å². The highest BCUT2D eigenvalue weighted by Gasteiger charge is 2.16. The molecule has 6 heteroatoms. The Labute approximate surface area is 112 Å². The minimum atomic E-state index is -0.197. The van der Waals surface area contributed by atoms with Gasteiger partial charge in [0.25, 0.3) is 0 Å². The molecule has 0 aliphatic rings. The van der Waals surface area contributed by atoms with Crippen LogP contribution >= 0.6 is 11.3 Å². The van der Waals surface area contributed by atoms with Crippen LogP contribution in [0.1, 0.15) is 44.2 Å². The minimum absolute atomic E-state index is 0.0174. The summed E-state index contributed by atoms with van der Waals surface area (Å²) in [5.74, 6) is 0. The highest BCUT2D eigenvalue weighted by atomic mass is 32.1. The molecule has 1 aromatic heterocycles. The molecule has 2 amide bonds. The van der Waals surface area contributed by atoms with Crippen LogP contribution < -0.4 is 10.6 Å². The number of aliphatic hydroxyl groups excluding tert-OH is 1. The first kappa shape index (κ1) is 14.9. The summed E-state index contributed by atoms with van der Waals surface area (Å²) < 4.78 is 0. The zero-order valence-corrected chi connectivity index (χ0v) is 11.7. The van der Waals surface area contributed by atoms with E-state index >= 15 is 0 Å². The van der Waals surface area contributed by atoms with Gasteiger partial charge in [0.05, 0.1) is 6.04 Å². The molecule has 1 rings (SSSR count). The van der Waals surface area contributed by atoms with E-state index in [2.05, 4.69) is 15.6 Å². The van der Waals surface area contributed by atoms with Gasteiger partial charge in [-0.15, -0.1) is 11.3 Å². The number of aliphatic hydroxyl groups is 1. The third kappa shape index (κ3) is 4.62. The quantitative estimate of drug-likeness (QED) is 0.710. The zero-order valence-electron chi connectivity index (χ0n) is 10.8. The molecule has 0 aliphatic carbocycles. The van der Waals surface area contributed by atoms with E-state index in [0.29, 0.717) is 6.42 Å². The fraction of sp³-hybridized carbons (Fsp3) is 0.667. The lowest BCUT2D eigenvalue weighted by Crippen LogP contribution is -2.43. The van der Waals surface area contributed by atoms with Crippen molar-refractivity contribution in [1.82, 2.24) is 15.6 Å². The maximum Gasteiger partial charge on any atom is 0.315 e. The number of carbonyl (C=O) groups excluding carboxylic acids is 1. The number of amides is 2. The third-order valence-electron chi connectivity index (χ3n) is 2.77. The van der Waals surface area contributed by atoms with Crippen LogP contribution in [0.3, 0.4) is 0 Å². The molecule has 5 nitrogen and oxygen atoms in total. The summed E-state index contributed by atoms with van der Waals surface area (Å²) >= 11 is 1.54. The van der Waals surface area contributed by atoms with Crippen LogP contribution in [0.4, 0.5) is 4.79 Å². The molecule has 2 atom stereocenters. The molecule has 0 saturated carbocycles. The second kappa shape index (κ2) is 8.05. The van der Waals surface area contributed by atoms with Gasteiger partial charge in [-0.2, -0.15) is 0 Å². The Bertz CT molecular complexity index is 343. The van der Waals surface area contributed by atoms with Crippen molar-refractivity contribution < 1.29 is 9.90 Å². The topological polar surface area (TPSA) is 74.2 Å². The van der Waals surface area contributed by atoms with Gasteiger partial charge in [0, 0.05) is 24.2 Å². The Balaban J connectivity index is 2.47. The number of rotatable bonds is 7. The lowest BCUT2D eigenvalue weighted by atomic mass is 10.1. The second-order valence-electron chi connectivity index (χ2n) is 4.07. The molecular weight excluding hydrogens is 250 g/mol. The van der Waals surface area contributed by atoms with Crippen LogP contribution in [0.15, 0.2) is 11.6 Å². The van der Waals surface area contributed by atoms with E-state index in [1.165, 1.54) is 11.3 Å². The van der Waals surface area contributed by atoms with Gasteiger partial charge < -0.3 is 15.7 Å². The average Bonchev–Trinajstić information content (AvgIpc) is 2.89. The lowest BCUT2D eigenvalue weighted by molar-refractivity contribution is 0.224. The zero-order chi connectivity index (χ0) is 13.4. The monoisotopic (exact) mass is 271 g/mol. The summed E-state index contributed by atoms with van der Waals surface area (Å²) in [4.78, 5) is 16.0. The van der Waals surface area contributed by atoms with E-state index in [4.69, 9.17) is 5.11 Å². The van der Waals surface area contributed by atoms with E-state index < -0.39 is 0 Å². The van der Waals surface area contributed by atoms with Crippen molar-refractivity contribution in [2.75, 3.05) is 6.61 Å². The van der Waals surface area contributed by atoms with Gasteiger partial charge >= 0.3 is 6.03 Å². The molecule has 0 aromatic carbocycles. The summed E-state index contributed by atoms with van der Waals surface area (Å²) in [7, 11) is 0. The maximum atomic E-state index is 11.8. The maximum absolute atomic E-state index is 11.8. The molecular formula is C12H21N3O2S. The number of carbonyl (C=O) groups is 1. The van der Waals surface area contributed by atoms with Crippen molar-refractivity contribution in [3.05, 3.63) is 16.6 Å². The first-order chi connectivity index (χ1) is 8.71. The second-order valence-corrected chi connectivity index (χ2v) is 4.99. The molecule has 0 bridgehead atoms. The van der Waals surface area contributed by atoms with Crippen molar-refractivity contribution in [2.45, 2.75) is 45.2 Å². The fourth-order valence-corrected chi connectivity index (χ4v) is 2.44. The molecule has 3 N–H and O–H groups in total. The summed E-state index contributed by atoms with van der Waals surface area (Å²) in [6, 6.07) is -0.224. The first-order valence-corrected chi connectivity index (χ1v) is 7.16. The molecule has 0 radical (unpaired) electrons. The van der Waals surface area contributed by atoms with Gasteiger partial charge in [0.1, 0.15) is 5.01 Å². The number of hydrogen-bond acceptors (Lipinski definition) is 4. The molecule has 0 fully saturated rings. The van der Waals surface area contributed by atoms with Gasteiger partial charge in [0.2, 0.25) is 0 Å². The Morgan fingerprint density at radius 3 is 2.72 bits per heavy atom. The van der Waals surface area contributed by atoms with E-state index in [-0.39, 0.29) is 24.7 Å². The van der Waals surface area contributed by atoms with Crippen molar-refractivity contribution in [3.8, 4) is 0 Å². The van der Waals surface area contributed by atoms with Crippen LogP contribution in [0.25, 0.3) is 0 Å². The van der Waals surface area contributed by atoms with Crippen molar-refractivity contribution in [2.24, 2.45) is 0 Å². The van der Waals surface area contributed by atoms with Crippen LogP contribution in [0, 0.1) is 0 Å². The van der Waals surface area contributed by atoms with E-state index in [1.807, 2.05) is 19.2 Å². The molecule has 0 spiro atoms. The Hall–Kier alpha value is -1.14. The van der Waals surface area contributed by atoms with E-state index in [1.54, 1.807) is 6.20 Å². The third-order valence-corrected chi connectivity index (χ3v) is 3.66. The number of aromatic nitrogens is 1. The van der Waals surface area contributed by atoms with Gasteiger partial charge in [-0.3, -0.25) is 0 Å². The smallest absolute Gasteiger partial charge is 0.315 e. The van der Waals surface area contributed by atoms with Crippen molar-refractivity contribution in [3.63, 3.8) is 0 Å². The predicted octanol–water partition coefficient (Wildman–Crippen LogP) is 2.05. The van der Waals surface area contributed by atoms with Gasteiger partial charge in [-0.25, -0.2) is 9.78 Å². The molecule has 102 valence electrons. The number of nitrogens with one attached hydrogen (secondary N) is 2. The normalized spacial score (nSPS) is 13.9. The molecule has 1 aromatic rings. The summed E-state index contributed by atoms with van der Waals surface area (Å²) in [6.45, 7) is 4.08. The Kier molecular flexibility index (Phi) is 6.67. The Morgan fingerprint density at radius 1 is 1.44 bits per heavy atom. The number of thiazole rings is 1. The Morgan fingerprint density at radius 2 is 2.22 bits per heavy atom. The first-order valence-electron chi connectivity index (χ1n) is 6.28. The SMILES string of the molecule is CCC(CCO)NC(=O)NC(CC)c1nccs1. The summed E-state index contributed by atoms with van der Waals surface area (Å²) in [6.07, 6.45) is 3.93. The van der Waals surface area contributed by atoms with Gasteiger partial charge in [-0.05, 0) is 19.3 Å². The van der Waals surface area contributed by atoms with Gasteiger partial charge in [-0.1, -0.05) is 13.8 Å².